The van der Waals surface area contributed by atoms with Crippen molar-refractivity contribution < 1.29 is 9.72 Å². The number of rotatable bonds is 5. The SMILES string of the molecule is C=CCn1nnc(NC(=O)c2ccc([N+](=O)[O-])c(C)c2)n1. The lowest BCUT2D eigenvalue weighted by molar-refractivity contribution is -0.385. The summed E-state index contributed by atoms with van der Waals surface area (Å²) in [5.41, 5.74) is 0.635. The number of nitro benzene ring substituents is 1. The Morgan fingerprint density at radius 1 is 1.57 bits per heavy atom. The van der Waals surface area contributed by atoms with E-state index >= 15 is 0 Å². The Kier molecular flexibility index (Phi) is 4.02. The van der Waals surface area contributed by atoms with Crippen LogP contribution in [-0.4, -0.2) is 31.0 Å². The number of anilines is 1. The van der Waals surface area contributed by atoms with Crippen molar-refractivity contribution in [1.29, 1.82) is 0 Å². The molecule has 0 aliphatic rings. The topological polar surface area (TPSA) is 116 Å². The lowest BCUT2D eigenvalue weighted by Crippen LogP contribution is -2.13. The fourth-order valence-electron chi connectivity index (χ4n) is 1.66. The third-order valence-electron chi connectivity index (χ3n) is 2.63. The number of allylic oxidation sites excluding steroid dienone is 1. The highest BCUT2D eigenvalue weighted by molar-refractivity contribution is 6.03. The fourth-order valence-corrected chi connectivity index (χ4v) is 1.66. The van der Waals surface area contributed by atoms with Crippen LogP contribution in [0.4, 0.5) is 11.6 Å². The summed E-state index contributed by atoms with van der Waals surface area (Å²) in [6.45, 7) is 5.47. The number of nitro groups is 1. The van der Waals surface area contributed by atoms with E-state index in [2.05, 4.69) is 27.3 Å². The van der Waals surface area contributed by atoms with Crippen LogP contribution < -0.4 is 5.32 Å². The average molecular weight is 288 g/mol. The van der Waals surface area contributed by atoms with E-state index in [4.69, 9.17) is 0 Å². The van der Waals surface area contributed by atoms with Crippen molar-refractivity contribution in [2.75, 3.05) is 5.32 Å². The summed E-state index contributed by atoms with van der Waals surface area (Å²) in [4.78, 5) is 23.5. The van der Waals surface area contributed by atoms with Crippen LogP contribution in [0.25, 0.3) is 0 Å². The number of carbonyl (C=O) groups excluding carboxylic acids is 1. The molecule has 0 unspecified atom stereocenters. The number of tetrazole rings is 1. The smallest absolute Gasteiger partial charge is 0.272 e. The molecule has 0 spiro atoms. The Morgan fingerprint density at radius 2 is 2.33 bits per heavy atom. The van der Waals surface area contributed by atoms with E-state index in [1.165, 1.54) is 23.0 Å². The third-order valence-corrected chi connectivity index (χ3v) is 2.63. The Balaban J connectivity index is 2.14. The Hall–Kier alpha value is -3.10. The van der Waals surface area contributed by atoms with E-state index in [-0.39, 0.29) is 17.2 Å². The van der Waals surface area contributed by atoms with Gasteiger partial charge in [0.1, 0.15) is 0 Å². The van der Waals surface area contributed by atoms with Gasteiger partial charge < -0.3 is 0 Å². The second-order valence-corrected chi connectivity index (χ2v) is 4.17. The van der Waals surface area contributed by atoms with Gasteiger partial charge in [0, 0.05) is 17.2 Å². The van der Waals surface area contributed by atoms with Crippen LogP contribution in [0.3, 0.4) is 0 Å². The van der Waals surface area contributed by atoms with E-state index in [0.29, 0.717) is 12.1 Å². The zero-order chi connectivity index (χ0) is 15.4. The van der Waals surface area contributed by atoms with E-state index in [0.717, 1.165) is 0 Å². The van der Waals surface area contributed by atoms with Gasteiger partial charge in [0.25, 0.3) is 17.5 Å². The van der Waals surface area contributed by atoms with Crippen molar-refractivity contribution in [3.8, 4) is 0 Å². The summed E-state index contributed by atoms with van der Waals surface area (Å²) in [6.07, 6.45) is 1.59. The molecule has 0 aliphatic carbocycles. The number of hydrogen-bond donors (Lipinski definition) is 1. The van der Waals surface area contributed by atoms with Crippen LogP contribution in [0.15, 0.2) is 30.9 Å². The summed E-state index contributed by atoms with van der Waals surface area (Å²) in [6, 6.07) is 4.09. The predicted octanol–water partition coefficient (Wildman–Crippen LogP) is 1.33. The zero-order valence-corrected chi connectivity index (χ0v) is 11.2. The van der Waals surface area contributed by atoms with Crippen LogP contribution in [-0.2, 0) is 6.54 Å². The van der Waals surface area contributed by atoms with Gasteiger partial charge in [-0.05, 0) is 24.3 Å². The minimum Gasteiger partial charge on any atom is -0.288 e. The average Bonchev–Trinajstić information content (AvgIpc) is 2.86. The number of nitrogens with zero attached hydrogens (tertiary/aromatic N) is 5. The standard InChI is InChI=1S/C12H12N6O3/c1-3-6-17-15-12(14-16-17)13-11(19)9-4-5-10(18(20)21)8(2)7-9/h3-5,7H,1,6H2,2H3,(H,13,15,19). The monoisotopic (exact) mass is 288 g/mol. The summed E-state index contributed by atoms with van der Waals surface area (Å²) in [5, 5.41) is 24.5. The van der Waals surface area contributed by atoms with Gasteiger partial charge in [-0.25, -0.2) is 0 Å². The summed E-state index contributed by atoms with van der Waals surface area (Å²) in [7, 11) is 0. The molecule has 0 atom stereocenters. The second kappa shape index (κ2) is 5.90. The summed E-state index contributed by atoms with van der Waals surface area (Å²) in [5.74, 6) is -0.413. The lowest BCUT2D eigenvalue weighted by Gasteiger charge is -2.02. The van der Waals surface area contributed by atoms with Gasteiger partial charge >= 0.3 is 0 Å². The normalized spacial score (nSPS) is 10.1. The summed E-state index contributed by atoms with van der Waals surface area (Å²) < 4.78 is 0. The largest absolute Gasteiger partial charge is 0.288 e. The Bertz CT molecular complexity index is 709. The van der Waals surface area contributed by atoms with E-state index in [1.54, 1.807) is 13.0 Å². The maximum Gasteiger partial charge on any atom is 0.272 e. The van der Waals surface area contributed by atoms with Crippen LogP contribution in [0, 0.1) is 17.0 Å². The molecule has 1 aromatic carbocycles. The third kappa shape index (κ3) is 3.26. The highest BCUT2D eigenvalue weighted by atomic mass is 16.6. The lowest BCUT2D eigenvalue weighted by atomic mass is 10.1. The highest BCUT2D eigenvalue weighted by Crippen LogP contribution is 2.19. The van der Waals surface area contributed by atoms with Crippen LogP contribution in [0.1, 0.15) is 15.9 Å². The minimum absolute atomic E-state index is 0.0402. The van der Waals surface area contributed by atoms with Crippen molar-refractivity contribution in [1.82, 2.24) is 20.2 Å². The van der Waals surface area contributed by atoms with Crippen LogP contribution >= 0.6 is 0 Å². The first-order chi connectivity index (χ1) is 10.0. The molecular formula is C12H12N6O3. The molecular weight excluding hydrogens is 276 g/mol. The summed E-state index contributed by atoms with van der Waals surface area (Å²) >= 11 is 0. The molecule has 9 nitrogen and oxygen atoms in total. The molecule has 0 fully saturated rings. The molecule has 1 N–H and O–H groups in total. The quantitative estimate of drug-likeness (QED) is 0.504. The maximum absolute atomic E-state index is 12.0. The molecule has 0 aliphatic heterocycles. The first-order valence-electron chi connectivity index (χ1n) is 5.96. The molecule has 9 heteroatoms. The molecule has 108 valence electrons. The van der Waals surface area contributed by atoms with Crippen molar-refractivity contribution in [2.24, 2.45) is 0 Å². The first kappa shape index (κ1) is 14.3. The molecule has 2 aromatic rings. The first-order valence-corrected chi connectivity index (χ1v) is 5.96. The number of carbonyl (C=O) groups is 1. The van der Waals surface area contributed by atoms with E-state index in [1.807, 2.05) is 0 Å². The van der Waals surface area contributed by atoms with Crippen molar-refractivity contribution in [2.45, 2.75) is 13.5 Å². The molecule has 1 amide bonds. The van der Waals surface area contributed by atoms with Gasteiger partial charge in [-0.2, -0.15) is 4.80 Å². The molecule has 0 radical (unpaired) electrons. The van der Waals surface area contributed by atoms with Gasteiger partial charge in [-0.1, -0.05) is 11.2 Å². The number of amides is 1. The maximum atomic E-state index is 12.0. The van der Waals surface area contributed by atoms with Gasteiger partial charge in [-0.15, -0.1) is 11.7 Å². The number of hydrogen-bond acceptors (Lipinski definition) is 6. The van der Waals surface area contributed by atoms with Gasteiger partial charge in [0.15, 0.2) is 0 Å². The minimum atomic E-state index is -0.501. The predicted molar refractivity (Wildman–Crippen MR) is 73.8 cm³/mol. The van der Waals surface area contributed by atoms with Gasteiger partial charge in [0.2, 0.25) is 0 Å². The van der Waals surface area contributed by atoms with Crippen molar-refractivity contribution >= 4 is 17.5 Å². The number of nitrogens with one attached hydrogen (secondary N) is 1. The second-order valence-electron chi connectivity index (χ2n) is 4.17. The number of benzene rings is 1. The van der Waals surface area contributed by atoms with Crippen molar-refractivity contribution in [3.63, 3.8) is 0 Å². The molecule has 2 rings (SSSR count). The molecule has 0 bridgehead atoms. The fraction of sp³-hybridized carbons (Fsp3) is 0.167. The Morgan fingerprint density at radius 3 is 2.95 bits per heavy atom. The van der Waals surface area contributed by atoms with Crippen LogP contribution in [0.2, 0.25) is 0 Å². The van der Waals surface area contributed by atoms with E-state index in [9.17, 15) is 14.9 Å². The molecule has 21 heavy (non-hydrogen) atoms. The molecule has 1 aromatic heterocycles. The zero-order valence-electron chi connectivity index (χ0n) is 11.2. The number of aryl methyl sites for hydroxylation is 1. The molecule has 0 saturated heterocycles. The number of aromatic nitrogens is 4. The van der Waals surface area contributed by atoms with Crippen LogP contribution in [0.5, 0.6) is 0 Å². The van der Waals surface area contributed by atoms with Gasteiger partial charge in [-0.3, -0.25) is 20.2 Å². The highest BCUT2D eigenvalue weighted by Gasteiger charge is 2.15. The Labute approximate surface area is 119 Å². The van der Waals surface area contributed by atoms with Crippen molar-refractivity contribution in [3.05, 3.63) is 52.1 Å². The molecule has 0 saturated carbocycles. The van der Waals surface area contributed by atoms with Gasteiger partial charge in [0.05, 0.1) is 11.5 Å². The molecule has 1 heterocycles. The van der Waals surface area contributed by atoms with E-state index < -0.39 is 10.8 Å².